The molecule has 0 spiro atoms. The number of carbonyl (C=O) groups is 1. The molecule has 0 fully saturated rings. The molecule has 0 saturated carbocycles. The maximum absolute atomic E-state index is 11.9. The summed E-state index contributed by atoms with van der Waals surface area (Å²) in [5.41, 5.74) is 0.798. The Kier molecular flexibility index (Phi) is 5.17. The average molecular weight is 346 g/mol. The maximum atomic E-state index is 11.9. The van der Waals surface area contributed by atoms with E-state index in [4.69, 9.17) is 11.6 Å². The number of halogens is 1. The highest BCUT2D eigenvalue weighted by Crippen LogP contribution is 2.16. The van der Waals surface area contributed by atoms with E-state index in [0.29, 0.717) is 17.4 Å². The summed E-state index contributed by atoms with van der Waals surface area (Å²) in [5, 5.41) is 15.5. The Labute approximate surface area is 143 Å². The Morgan fingerprint density at radius 2 is 2.08 bits per heavy atom. The summed E-state index contributed by atoms with van der Waals surface area (Å²) in [6.45, 7) is 1.42. The molecule has 1 N–H and O–H groups in total. The fraction of sp³-hybridized carbons (Fsp3) is 0.267. The molecule has 24 heavy (non-hydrogen) atoms. The van der Waals surface area contributed by atoms with E-state index in [0.717, 1.165) is 18.5 Å². The fourth-order valence-corrected chi connectivity index (χ4v) is 2.24. The van der Waals surface area contributed by atoms with E-state index >= 15 is 0 Å². The summed E-state index contributed by atoms with van der Waals surface area (Å²) < 4.78 is 1.96. The second-order valence-electron chi connectivity index (χ2n) is 5.15. The van der Waals surface area contributed by atoms with Gasteiger partial charge >= 0.3 is 0 Å². The molecule has 0 aliphatic heterocycles. The second kappa shape index (κ2) is 7.69. The first-order valence-corrected chi connectivity index (χ1v) is 7.85. The van der Waals surface area contributed by atoms with Crippen LogP contribution in [0.25, 0.3) is 11.4 Å². The quantitative estimate of drug-likeness (QED) is 0.653. The van der Waals surface area contributed by atoms with E-state index < -0.39 is 0 Å². The van der Waals surface area contributed by atoms with Crippen LogP contribution in [0.1, 0.15) is 6.42 Å². The van der Waals surface area contributed by atoms with Crippen molar-refractivity contribution in [1.29, 1.82) is 0 Å². The van der Waals surface area contributed by atoms with Crippen molar-refractivity contribution < 1.29 is 4.79 Å². The average Bonchev–Trinajstić information content (AvgIpc) is 3.24. The molecular formula is C15H16ClN7O. The Morgan fingerprint density at radius 1 is 1.25 bits per heavy atom. The number of hydrogen-bond donors (Lipinski definition) is 1. The fourth-order valence-electron chi connectivity index (χ4n) is 2.12. The van der Waals surface area contributed by atoms with Crippen LogP contribution in [0.3, 0.4) is 0 Å². The van der Waals surface area contributed by atoms with Gasteiger partial charge in [-0.05, 0) is 35.9 Å². The molecule has 1 amide bonds. The highest BCUT2D eigenvalue weighted by Gasteiger charge is 2.09. The molecule has 0 atom stereocenters. The van der Waals surface area contributed by atoms with Crippen LogP contribution in [0.2, 0.25) is 5.02 Å². The van der Waals surface area contributed by atoms with E-state index in [-0.39, 0.29) is 12.5 Å². The minimum absolute atomic E-state index is 0.0334. The molecule has 0 saturated heterocycles. The summed E-state index contributed by atoms with van der Waals surface area (Å²) in [5.74, 6) is 0.306. The lowest BCUT2D eigenvalue weighted by Crippen LogP contribution is -2.29. The lowest BCUT2D eigenvalue weighted by Gasteiger charge is -2.05. The Balaban J connectivity index is 1.45. The van der Waals surface area contributed by atoms with Crippen LogP contribution in [0.4, 0.5) is 0 Å². The number of carbonyl (C=O) groups excluding carboxylic acids is 1. The number of hydrogen-bond acceptors (Lipinski definition) is 5. The van der Waals surface area contributed by atoms with Gasteiger partial charge in [0, 0.05) is 36.1 Å². The molecule has 1 aromatic carbocycles. The third-order valence-electron chi connectivity index (χ3n) is 3.31. The molecule has 0 bridgehead atoms. The second-order valence-corrected chi connectivity index (χ2v) is 5.59. The highest BCUT2D eigenvalue weighted by atomic mass is 35.5. The number of aryl methyl sites for hydroxylation is 1. The van der Waals surface area contributed by atoms with Crippen LogP contribution in [0, 0.1) is 0 Å². The molecule has 8 nitrogen and oxygen atoms in total. The van der Waals surface area contributed by atoms with Gasteiger partial charge in [-0.3, -0.25) is 4.79 Å². The number of rotatable bonds is 7. The minimum atomic E-state index is -0.152. The maximum Gasteiger partial charge on any atom is 0.243 e. The van der Waals surface area contributed by atoms with E-state index in [2.05, 4.69) is 25.7 Å². The number of imidazole rings is 1. The van der Waals surface area contributed by atoms with Crippen LogP contribution in [-0.2, 0) is 17.9 Å². The SMILES string of the molecule is O=C(Cn1nnc(-c2ccc(Cl)cc2)n1)NCCCn1ccnc1. The first kappa shape index (κ1) is 16.1. The van der Waals surface area contributed by atoms with Crippen LogP contribution >= 0.6 is 11.6 Å². The first-order valence-electron chi connectivity index (χ1n) is 7.47. The zero-order valence-electron chi connectivity index (χ0n) is 12.8. The van der Waals surface area contributed by atoms with Gasteiger partial charge in [-0.15, -0.1) is 10.2 Å². The topological polar surface area (TPSA) is 90.5 Å². The normalized spacial score (nSPS) is 10.7. The molecule has 3 rings (SSSR count). The molecule has 0 unspecified atom stereocenters. The third kappa shape index (κ3) is 4.39. The smallest absolute Gasteiger partial charge is 0.243 e. The predicted molar refractivity (Wildman–Crippen MR) is 88.1 cm³/mol. The van der Waals surface area contributed by atoms with Crippen LogP contribution in [-0.4, -0.2) is 42.2 Å². The van der Waals surface area contributed by atoms with E-state index in [1.165, 1.54) is 4.80 Å². The van der Waals surface area contributed by atoms with Crippen molar-refractivity contribution in [3.05, 3.63) is 48.0 Å². The lowest BCUT2D eigenvalue weighted by molar-refractivity contribution is -0.122. The third-order valence-corrected chi connectivity index (χ3v) is 3.57. The van der Waals surface area contributed by atoms with Gasteiger partial charge in [-0.1, -0.05) is 11.6 Å². The van der Waals surface area contributed by atoms with Gasteiger partial charge in [0.2, 0.25) is 11.7 Å². The van der Waals surface area contributed by atoms with Crippen molar-refractivity contribution in [2.75, 3.05) is 6.54 Å². The Morgan fingerprint density at radius 3 is 2.83 bits per heavy atom. The summed E-state index contributed by atoms with van der Waals surface area (Å²) in [6, 6.07) is 7.12. The van der Waals surface area contributed by atoms with Crippen molar-refractivity contribution in [3.8, 4) is 11.4 Å². The summed E-state index contributed by atoms with van der Waals surface area (Å²) in [4.78, 5) is 17.1. The standard InChI is InChI=1S/C15H16ClN7O/c16-13-4-2-12(3-5-13)15-19-21-23(20-15)10-14(24)18-6-1-8-22-9-7-17-11-22/h2-5,7,9,11H,1,6,8,10H2,(H,18,24). The molecule has 3 aromatic rings. The van der Waals surface area contributed by atoms with Crippen molar-refractivity contribution in [1.82, 2.24) is 35.1 Å². The van der Waals surface area contributed by atoms with E-state index in [1.54, 1.807) is 36.8 Å². The van der Waals surface area contributed by atoms with Crippen LogP contribution < -0.4 is 5.32 Å². The summed E-state index contributed by atoms with van der Waals surface area (Å²) in [7, 11) is 0. The van der Waals surface area contributed by atoms with Crippen molar-refractivity contribution >= 4 is 17.5 Å². The Hall–Kier alpha value is -2.74. The molecule has 9 heteroatoms. The predicted octanol–water partition coefficient (Wildman–Crippen LogP) is 1.40. The van der Waals surface area contributed by atoms with Crippen LogP contribution in [0.5, 0.6) is 0 Å². The number of tetrazole rings is 1. The molecule has 0 aliphatic rings. The molecule has 124 valence electrons. The zero-order valence-corrected chi connectivity index (χ0v) is 13.6. The van der Waals surface area contributed by atoms with Gasteiger partial charge in [0.05, 0.1) is 6.33 Å². The molecular weight excluding hydrogens is 330 g/mol. The first-order chi connectivity index (χ1) is 11.7. The number of nitrogens with zero attached hydrogens (tertiary/aromatic N) is 6. The van der Waals surface area contributed by atoms with E-state index in [9.17, 15) is 4.79 Å². The zero-order chi connectivity index (χ0) is 16.8. The number of amides is 1. The minimum Gasteiger partial charge on any atom is -0.354 e. The van der Waals surface area contributed by atoms with Crippen molar-refractivity contribution in [2.45, 2.75) is 19.5 Å². The van der Waals surface area contributed by atoms with Gasteiger partial charge in [0.1, 0.15) is 6.54 Å². The molecule has 2 aromatic heterocycles. The van der Waals surface area contributed by atoms with Crippen molar-refractivity contribution in [2.24, 2.45) is 0 Å². The molecule has 0 aliphatic carbocycles. The van der Waals surface area contributed by atoms with Gasteiger partial charge in [-0.2, -0.15) is 4.80 Å². The largest absolute Gasteiger partial charge is 0.354 e. The number of benzene rings is 1. The molecule has 0 radical (unpaired) electrons. The number of aromatic nitrogens is 6. The van der Waals surface area contributed by atoms with Gasteiger partial charge < -0.3 is 9.88 Å². The van der Waals surface area contributed by atoms with Gasteiger partial charge in [0.25, 0.3) is 0 Å². The molecule has 2 heterocycles. The van der Waals surface area contributed by atoms with Crippen molar-refractivity contribution in [3.63, 3.8) is 0 Å². The lowest BCUT2D eigenvalue weighted by atomic mass is 10.2. The number of nitrogens with one attached hydrogen (secondary N) is 1. The van der Waals surface area contributed by atoms with Gasteiger partial charge in [-0.25, -0.2) is 4.98 Å². The highest BCUT2D eigenvalue weighted by molar-refractivity contribution is 6.30. The monoisotopic (exact) mass is 345 g/mol. The van der Waals surface area contributed by atoms with Crippen LogP contribution in [0.15, 0.2) is 43.0 Å². The van der Waals surface area contributed by atoms with E-state index in [1.807, 2.05) is 10.8 Å². The Bertz CT molecular complexity index is 783. The van der Waals surface area contributed by atoms with Gasteiger partial charge in [0.15, 0.2) is 0 Å². The summed E-state index contributed by atoms with van der Waals surface area (Å²) in [6.07, 6.45) is 6.19. The summed E-state index contributed by atoms with van der Waals surface area (Å²) >= 11 is 5.85.